The molecule has 1 aliphatic rings. The molecule has 0 aliphatic carbocycles. The fraction of sp³-hybridized carbons (Fsp3) is 0.235. The molecule has 0 saturated carbocycles. The molecule has 108 valence electrons. The summed E-state index contributed by atoms with van der Waals surface area (Å²) in [6, 6.07) is 16.2. The summed E-state index contributed by atoms with van der Waals surface area (Å²) in [5.41, 5.74) is 3.22. The van der Waals surface area contributed by atoms with Crippen LogP contribution in [-0.4, -0.2) is 12.5 Å². The van der Waals surface area contributed by atoms with Gasteiger partial charge in [-0.1, -0.05) is 40.2 Å². The van der Waals surface area contributed by atoms with Gasteiger partial charge in [0.15, 0.2) is 0 Å². The molecule has 0 aromatic heterocycles. The van der Waals surface area contributed by atoms with Gasteiger partial charge in [-0.25, -0.2) is 0 Å². The Hall–Kier alpha value is -1.81. The van der Waals surface area contributed by atoms with E-state index in [0.717, 1.165) is 35.4 Å². The number of hydrogen-bond acceptors (Lipinski definition) is 2. The fourth-order valence-corrected chi connectivity index (χ4v) is 2.97. The van der Waals surface area contributed by atoms with Crippen LogP contribution in [0, 0.1) is 0 Å². The minimum absolute atomic E-state index is 0.220. The van der Waals surface area contributed by atoms with Crippen molar-refractivity contribution in [1.82, 2.24) is 0 Å². The number of carbonyl (C=O) groups excluding carboxylic acids is 1. The van der Waals surface area contributed by atoms with Gasteiger partial charge >= 0.3 is 0 Å². The Kier molecular flexibility index (Phi) is 4.25. The van der Waals surface area contributed by atoms with Crippen LogP contribution in [0.15, 0.2) is 53.0 Å². The third-order valence-corrected chi connectivity index (χ3v) is 4.45. The predicted molar refractivity (Wildman–Crippen MR) is 89.5 cm³/mol. The summed E-state index contributed by atoms with van der Waals surface area (Å²) in [7, 11) is 0. The van der Waals surface area contributed by atoms with Gasteiger partial charge in [0, 0.05) is 35.4 Å². The van der Waals surface area contributed by atoms with Crippen LogP contribution in [-0.2, 0) is 11.3 Å². The Morgan fingerprint density at radius 1 is 1.14 bits per heavy atom. The lowest BCUT2D eigenvalue weighted by Gasteiger charge is -2.17. The summed E-state index contributed by atoms with van der Waals surface area (Å²) < 4.78 is 1.10. The molecule has 0 radical (unpaired) electrons. The Balaban J connectivity index is 1.72. The zero-order valence-corrected chi connectivity index (χ0v) is 13.3. The number of hydrogen-bond donors (Lipinski definition) is 1. The van der Waals surface area contributed by atoms with Crippen LogP contribution < -0.4 is 10.2 Å². The molecular formula is C17H17BrN2O. The molecule has 3 rings (SSSR count). The third-order valence-electron chi connectivity index (χ3n) is 3.67. The second-order valence-corrected chi connectivity index (χ2v) is 6.00. The summed E-state index contributed by atoms with van der Waals surface area (Å²) in [6.45, 7) is 1.57. The maximum atomic E-state index is 11.8. The molecule has 0 unspecified atom stereocenters. The molecule has 21 heavy (non-hydrogen) atoms. The Morgan fingerprint density at radius 2 is 2.00 bits per heavy atom. The zero-order valence-electron chi connectivity index (χ0n) is 11.7. The molecule has 3 nitrogen and oxygen atoms in total. The van der Waals surface area contributed by atoms with Crippen molar-refractivity contribution in [3.63, 3.8) is 0 Å². The molecule has 1 aliphatic heterocycles. The van der Waals surface area contributed by atoms with Gasteiger partial charge < -0.3 is 10.2 Å². The minimum Gasteiger partial charge on any atom is -0.381 e. The normalized spacial score (nSPS) is 14.5. The van der Waals surface area contributed by atoms with Crippen LogP contribution >= 0.6 is 15.9 Å². The average Bonchev–Trinajstić information content (AvgIpc) is 2.93. The van der Waals surface area contributed by atoms with Crippen molar-refractivity contribution in [1.29, 1.82) is 0 Å². The van der Waals surface area contributed by atoms with Gasteiger partial charge in [-0.05, 0) is 36.2 Å². The number of benzene rings is 2. The summed E-state index contributed by atoms with van der Waals surface area (Å²) in [5, 5.41) is 3.41. The first-order chi connectivity index (χ1) is 10.2. The summed E-state index contributed by atoms with van der Waals surface area (Å²) in [4.78, 5) is 13.7. The van der Waals surface area contributed by atoms with Crippen molar-refractivity contribution in [3.8, 4) is 0 Å². The van der Waals surface area contributed by atoms with Crippen molar-refractivity contribution in [2.45, 2.75) is 19.4 Å². The van der Waals surface area contributed by atoms with Gasteiger partial charge in [-0.2, -0.15) is 0 Å². The summed E-state index contributed by atoms with van der Waals surface area (Å²) in [5.74, 6) is 0.220. The van der Waals surface area contributed by atoms with E-state index in [-0.39, 0.29) is 5.91 Å². The predicted octanol–water partition coefficient (Wildman–Crippen LogP) is 4.19. The second-order valence-electron chi connectivity index (χ2n) is 5.14. The van der Waals surface area contributed by atoms with E-state index in [1.807, 2.05) is 47.4 Å². The van der Waals surface area contributed by atoms with E-state index in [1.165, 1.54) is 5.56 Å². The number of halogens is 1. The fourth-order valence-electron chi connectivity index (χ4n) is 2.54. The van der Waals surface area contributed by atoms with Crippen molar-refractivity contribution in [2.24, 2.45) is 0 Å². The van der Waals surface area contributed by atoms with Gasteiger partial charge in [0.1, 0.15) is 0 Å². The smallest absolute Gasteiger partial charge is 0.227 e. The van der Waals surface area contributed by atoms with E-state index in [9.17, 15) is 4.79 Å². The van der Waals surface area contributed by atoms with E-state index >= 15 is 0 Å². The van der Waals surface area contributed by atoms with Crippen LogP contribution in [0.3, 0.4) is 0 Å². The largest absolute Gasteiger partial charge is 0.381 e. The van der Waals surface area contributed by atoms with Crippen LogP contribution in [0.4, 0.5) is 11.4 Å². The highest BCUT2D eigenvalue weighted by Gasteiger charge is 2.21. The van der Waals surface area contributed by atoms with Crippen molar-refractivity contribution >= 4 is 33.2 Å². The van der Waals surface area contributed by atoms with Gasteiger partial charge in [0.05, 0.1) is 0 Å². The van der Waals surface area contributed by atoms with Gasteiger partial charge in [-0.15, -0.1) is 0 Å². The highest BCUT2D eigenvalue weighted by molar-refractivity contribution is 9.10. The lowest BCUT2D eigenvalue weighted by atomic mass is 10.2. The quantitative estimate of drug-likeness (QED) is 0.901. The molecule has 0 atom stereocenters. The maximum absolute atomic E-state index is 11.8. The molecule has 0 bridgehead atoms. The first-order valence-electron chi connectivity index (χ1n) is 7.12. The first kappa shape index (κ1) is 14.1. The van der Waals surface area contributed by atoms with Crippen LogP contribution in [0.5, 0.6) is 0 Å². The summed E-state index contributed by atoms with van der Waals surface area (Å²) >= 11 is 3.55. The van der Waals surface area contributed by atoms with E-state index in [1.54, 1.807) is 0 Å². The van der Waals surface area contributed by atoms with E-state index in [0.29, 0.717) is 6.42 Å². The van der Waals surface area contributed by atoms with Crippen LogP contribution in [0.25, 0.3) is 0 Å². The van der Waals surface area contributed by atoms with Crippen LogP contribution in [0.2, 0.25) is 0 Å². The lowest BCUT2D eigenvalue weighted by Crippen LogP contribution is -2.23. The molecule has 2 aromatic rings. The minimum atomic E-state index is 0.220. The number of amides is 1. The average molecular weight is 345 g/mol. The van der Waals surface area contributed by atoms with Gasteiger partial charge in [0.25, 0.3) is 0 Å². The molecule has 1 saturated heterocycles. The molecular weight excluding hydrogens is 328 g/mol. The van der Waals surface area contributed by atoms with E-state index < -0.39 is 0 Å². The number of nitrogens with zero attached hydrogens (tertiary/aromatic N) is 1. The second kappa shape index (κ2) is 6.31. The Morgan fingerprint density at radius 3 is 2.76 bits per heavy atom. The van der Waals surface area contributed by atoms with Gasteiger partial charge in [0.2, 0.25) is 5.91 Å². The molecule has 4 heteroatoms. The number of carbonyl (C=O) groups is 1. The molecule has 1 amide bonds. The van der Waals surface area contributed by atoms with Crippen molar-refractivity contribution in [2.75, 3.05) is 16.8 Å². The monoisotopic (exact) mass is 344 g/mol. The maximum Gasteiger partial charge on any atom is 0.227 e. The number of rotatable bonds is 4. The standard InChI is InChI=1S/C17H17BrN2O/c18-16-8-2-1-5-13(16)12-19-14-6-3-7-15(11-14)20-10-4-9-17(20)21/h1-3,5-8,11,19H,4,9-10,12H2. The first-order valence-corrected chi connectivity index (χ1v) is 7.91. The topological polar surface area (TPSA) is 32.3 Å². The van der Waals surface area contributed by atoms with Crippen LogP contribution in [0.1, 0.15) is 18.4 Å². The van der Waals surface area contributed by atoms with Crippen molar-refractivity contribution < 1.29 is 4.79 Å². The lowest BCUT2D eigenvalue weighted by molar-refractivity contribution is -0.117. The SMILES string of the molecule is O=C1CCCN1c1cccc(NCc2ccccc2Br)c1. The molecule has 1 N–H and O–H groups in total. The molecule has 1 heterocycles. The van der Waals surface area contributed by atoms with E-state index in [2.05, 4.69) is 27.3 Å². The third kappa shape index (κ3) is 3.27. The molecule has 0 spiro atoms. The summed E-state index contributed by atoms with van der Waals surface area (Å²) in [6.07, 6.45) is 1.61. The highest BCUT2D eigenvalue weighted by Crippen LogP contribution is 2.25. The molecule has 1 fully saturated rings. The Bertz CT molecular complexity index is 657. The Labute approximate surface area is 133 Å². The van der Waals surface area contributed by atoms with E-state index in [4.69, 9.17) is 0 Å². The van der Waals surface area contributed by atoms with Gasteiger partial charge in [-0.3, -0.25) is 4.79 Å². The number of nitrogens with one attached hydrogen (secondary N) is 1. The van der Waals surface area contributed by atoms with Crippen molar-refractivity contribution in [3.05, 3.63) is 58.6 Å². The number of anilines is 2. The highest BCUT2D eigenvalue weighted by atomic mass is 79.9. The zero-order chi connectivity index (χ0) is 14.7. The molecule has 2 aromatic carbocycles.